The summed E-state index contributed by atoms with van der Waals surface area (Å²) in [5, 5.41) is 13.0. The Morgan fingerprint density at radius 1 is 1.39 bits per heavy atom. The van der Waals surface area contributed by atoms with Crippen molar-refractivity contribution in [3.63, 3.8) is 0 Å². The van der Waals surface area contributed by atoms with Gasteiger partial charge in [-0.2, -0.15) is 0 Å². The van der Waals surface area contributed by atoms with Gasteiger partial charge in [-0.15, -0.1) is 11.8 Å². The summed E-state index contributed by atoms with van der Waals surface area (Å²) in [6, 6.07) is 8.40. The fourth-order valence-electron chi connectivity index (χ4n) is 1.41. The Morgan fingerprint density at radius 2 is 2.17 bits per heavy atom. The van der Waals surface area contributed by atoms with Gasteiger partial charge in [0.15, 0.2) is 0 Å². The maximum atomic E-state index is 9.70. The molecule has 3 nitrogen and oxygen atoms in total. The fourth-order valence-corrected chi connectivity index (χ4v) is 2.34. The Kier molecular flexibility index (Phi) is 6.71. The lowest BCUT2D eigenvalue weighted by Crippen LogP contribution is -2.21. The molecule has 0 fully saturated rings. The normalized spacial score (nSPS) is 11.8. The van der Waals surface area contributed by atoms with E-state index < -0.39 is 5.60 Å². The van der Waals surface area contributed by atoms with Crippen molar-refractivity contribution < 1.29 is 9.84 Å². The molecule has 4 heteroatoms. The van der Waals surface area contributed by atoms with Crippen LogP contribution in [0.25, 0.3) is 0 Å². The summed E-state index contributed by atoms with van der Waals surface area (Å²) in [6.45, 7) is 6.09. The van der Waals surface area contributed by atoms with Gasteiger partial charge in [-0.25, -0.2) is 0 Å². The molecule has 0 spiro atoms. The molecule has 1 rings (SSSR count). The highest BCUT2D eigenvalue weighted by Gasteiger charge is 2.12. The number of nitrogens with one attached hydrogen (secondary N) is 1. The van der Waals surface area contributed by atoms with Crippen LogP contribution in [-0.4, -0.2) is 36.7 Å². The van der Waals surface area contributed by atoms with Gasteiger partial charge in [0.25, 0.3) is 0 Å². The lowest BCUT2D eigenvalue weighted by Gasteiger charge is -2.16. The molecule has 0 aliphatic rings. The smallest absolute Gasteiger partial charge is 0.0685 e. The third kappa shape index (κ3) is 7.01. The summed E-state index contributed by atoms with van der Waals surface area (Å²) in [5.41, 5.74) is 0.629. The molecule has 0 aromatic heterocycles. The number of hydrogen-bond donors (Lipinski definition) is 2. The number of aliphatic hydroxyl groups is 1. The van der Waals surface area contributed by atoms with E-state index in [1.54, 1.807) is 18.9 Å². The molecule has 1 aromatic rings. The van der Waals surface area contributed by atoms with Crippen molar-refractivity contribution in [2.75, 3.05) is 26.0 Å². The molecular weight excluding hydrogens is 246 g/mol. The second kappa shape index (κ2) is 7.79. The van der Waals surface area contributed by atoms with Crippen molar-refractivity contribution in [3.8, 4) is 0 Å². The molecule has 0 atom stereocenters. The number of methoxy groups -OCH3 is 1. The monoisotopic (exact) mass is 269 g/mol. The third-order valence-corrected chi connectivity index (χ3v) is 3.74. The van der Waals surface area contributed by atoms with Crippen LogP contribution in [0.4, 0.5) is 0 Å². The molecule has 0 unspecified atom stereocenters. The first-order valence-corrected chi connectivity index (χ1v) is 7.13. The summed E-state index contributed by atoms with van der Waals surface area (Å²) in [5.74, 6) is 0.702. The summed E-state index contributed by atoms with van der Waals surface area (Å²) in [7, 11) is 1.70. The van der Waals surface area contributed by atoms with Crippen molar-refractivity contribution in [1.29, 1.82) is 0 Å². The van der Waals surface area contributed by atoms with Crippen LogP contribution >= 0.6 is 11.8 Å². The first-order valence-electron chi connectivity index (χ1n) is 6.15. The summed E-state index contributed by atoms with van der Waals surface area (Å²) < 4.78 is 4.99. The highest BCUT2D eigenvalue weighted by atomic mass is 32.2. The molecule has 0 saturated carbocycles. The molecule has 0 bridgehead atoms. The van der Waals surface area contributed by atoms with E-state index in [1.165, 1.54) is 10.5 Å². The number of benzene rings is 1. The van der Waals surface area contributed by atoms with E-state index in [2.05, 4.69) is 29.6 Å². The van der Waals surface area contributed by atoms with Crippen LogP contribution in [0, 0.1) is 0 Å². The van der Waals surface area contributed by atoms with Crippen molar-refractivity contribution >= 4 is 11.8 Å². The van der Waals surface area contributed by atoms with Crippen LogP contribution in [0.3, 0.4) is 0 Å². The largest absolute Gasteiger partial charge is 0.390 e. The molecule has 1 aromatic carbocycles. The maximum absolute atomic E-state index is 9.70. The topological polar surface area (TPSA) is 41.5 Å². The highest BCUT2D eigenvalue weighted by Crippen LogP contribution is 2.23. The van der Waals surface area contributed by atoms with Crippen LogP contribution in [0.1, 0.15) is 19.4 Å². The summed E-state index contributed by atoms with van der Waals surface area (Å²) >= 11 is 1.68. The SMILES string of the molecule is COCCNCc1cccc(SCC(C)(C)O)c1. The molecule has 102 valence electrons. The maximum Gasteiger partial charge on any atom is 0.0685 e. The Hall–Kier alpha value is -0.550. The number of rotatable bonds is 8. The van der Waals surface area contributed by atoms with Gasteiger partial charge in [-0.05, 0) is 31.5 Å². The van der Waals surface area contributed by atoms with E-state index in [1.807, 2.05) is 13.8 Å². The van der Waals surface area contributed by atoms with Gasteiger partial charge in [-0.3, -0.25) is 0 Å². The minimum atomic E-state index is -0.628. The molecule has 0 heterocycles. The van der Waals surface area contributed by atoms with Gasteiger partial charge in [0.2, 0.25) is 0 Å². The van der Waals surface area contributed by atoms with Gasteiger partial charge >= 0.3 is 0 Å². The van der Waals surface area contributed by atoms with Crippen molar-refractivity contribution in [2.45, 2.75) is 30.9 Å². The van der Waals surface area contributed by atoms with Gasteiger partial charge in [0.1, 0.15) is 0 Å². The average Bonchev–Trinajstić information content (AvgIpc) is 2.32. The minimum Gasteiger partial charge on any atom is -0.390 e. The Morgan fingerprint density at radius 3 is 2.83 bits per heavy atom. The molecule has 0 aliphatic carbocycles. The second-order valence-corrected chi connectivity index (χ2v) is 5.97. The lowest BCUT2D eigenvalue weighted by atomic mass is 10.2. The zero-order valence-electron chi connectivity index (χ0n) is 11.4. The van der Waals surface area contributed by atoms with Gasteiger partial charge < -0.3 is 15.2 Å². The van der Waals surface area contributed by atoms with E-state index in [0.717, 1.165) is 19.7 Å². The minimum absolute atomic E-state index is 0.628. The fraction of sp³-hybridized carbons (Fsp3) is 0.571. The van der Waals surface area contributed by atoms with E-state index in [9.17, 15) is 5.11 Å². The standard InChI is InChI=1S/C14H23NO2S/c1-14(2,16)11-18-13-6-4-5-12(9-13)10-15-7-8-17-3/h4-6,9,15-16H,7-8,10-11H2,1-3H3. The van der Waals surface area contributed by atoms with E-state index >= 15 is 0 Å². The highest BCUT2D eigenvalue weighted by molar-refractivity contribution is 7.99. The van der Waals surface area contributed by atoms with Crippen LogP contribution < -0.4 is 5.32 Å². The number of hydrogen-bond acceptors (Lipinski definition) is 4. The molecular formula is C14H23NO2S. The van der Waals surface area contributed by atoms with Crippen LogP contribution in [0.5, 0.6) is 0 Å². The Bertz CT molecular complexity index is 350. The zero-order chi connectivity index (χ0) is 13.4. The first kappa shape index (κ1) is 15.5. The van der Waals surface area contributed by atoms with Gasteiger partial charge in [0, 0.05) is 30.8 Å². The molecule has 0 radical (unpaired) electrons. The molecule has 18 heavy (non-hydrogen) atoms. The van der Waals surface area contributed by atoms with Crippen LogP contribution in [0.2, 0.25) is 0 Å². The quantitative estimate of drug-likeness (QED) is 0.561. The average molecular weight is 269 g/mol. The Balaban J connectivity index is 2.41. The van der Waals surface area contributed by atoms with Crippen molar-refractivity contribution in [1.82, 2.24) is 5.32 Å². The summed E-state index contributed by atoms with van der Waals surface area (Å²) in [6.07, 6.45) is 0. The van der Waals surface area contributed by atoms with E-state index in [0.29, 0.717) is 5.75 Å². The predicted molar refractivity (Wildman–Crippen MR) is 77.0 cm³/mol. The predicted octanol–water partition coefficient (Wildman–Crippen LogP) is 2.29. The van der Waals surface area contributed by atoms with Gasteiger partial charge in [-0.1, -0.05) is 12.1 Å². The van der Waals surface area contributed by atoms with Gasteiger partial charge in [0.05, 0.1) is 12.2 Å². The zero-order valence-corrected chi connectivity index (χ0v) is 12.2. The summed E-state index contributed by atoms with van der Waals surface area (Å²) in [4.78, 5) is 1.20. The van der Waals surface area contributed by atoms with Crippen LogP contribution in [-0.2, 0) is 11.3 Å². The molecule has 0 aliphatic heterocycles. The van der Waals surface area contributed by atoms with E-state index in [-0.39, 0.29) is 0 Å². The third-order valence-electron chi connectivity index (χ3n) is 2.30. The molecule has 2 N–H and O–H groups in total. The second-order valence-electron chi connectivity index (χ2n) is 4.92. The first-order chi connectivity index (χ1) is 8.51. The van der Waals surface area contributed by atoms with Crippen molar-refractivity contribution in [3.05, 3.63) is 29.8 Å². The lowest BCUT2D eigenvalue weighted by molar-refractivity contribution is 0.107. The number of thioether (sulfide) groups is 1. The Labute approximate surface area is 114 Å². The molecule has 0 amide bonds. The van der Waals surface area contributed by atoms with Crippen molar-refractivity contribution in [2.24, 2.45) is 0 Å². The molecule has 0 saturated heterocycles. The van der Waals surface area contributed by atoms with E-state index in [4.69, 9.17) is 4.74 Å². The number of ether oxygens (including phenoxy) is 1. The van der Waals surface area contributed by atoms with Crippen LogP contribution in [0.15, 0.2) is 29.2 Å².